The van der Waals surface area contributed by atoms with E-state index >= 15 is 0 Å². The fraction of sp³-hybridized carbons (Fsp3) is 0.588. The molecule has 0 saturated heterocycles. The number of hydrogen-bond acceptors (Lipinski definition) is 2. The third-order valence-electron chi connectivity index (χ3n) is 4.95. The van der Waals surface area contributed by atoms with E-state index in [1.807, 2.05) is 10.6 Å². The van der Waals surface area contributed by atoms with Crippen molar-refractivity contribution in [2.24, 2.45) is 11.8 Å². The molecule has 1 aromatic carbocycles. The molecule has 1 saturated carbocycles. The van der Waals surface area contributed by atoms with Crippen LogP contribution in [0.2, 0.25) is 0 Å². The Morgan fingerprint density at radius 2 is 2.00 bits per heavy atom. The number of fused-ring (bicyclic) bond motifs is 1. The van der Waals surface area contributed by atoms with E-state index in [-0.39, 0.29) is 5.82 Å². The SMILES string of the molecule is Cc1cc2c(cc1F)nc(N)n2CCC1CCC(C)CC1. The normalized spacial score (nSPS) is 22.8. The largest absolute Gasteiger partial charge is 0.369 e. The van der Waals surface area contributed by atoms with Crippen LogP contribution in [0, 0.1) is 24.6 Å². The quantitative estimate of drug-likeness (QED) is 0.916. The van der Waals surface area contributed by atoms with Gasteiger partial charge in [-0.25, -0.2) is 9.37 Å². The fourth-order valence-corrected chi connectivity index (χ4v) is 3.43. The lowest BCUT2D eigenvalue weighted by Gasteiger charge is -2.26. The number of nitrogen functional groups attached to an aromatic ring is 1. The second-order valence-electron chi connectivity index (χ2n) is 6.63. The summed E-state index contributed by atoms with van der Waals surface area (Å²) in [7, 11) is 0. The Balaban J connectivity index is 1.77. The Morgan fingerprint density at radius 3 is 2.71 bits per heavy atom. The maximum atomic E-state index is 13.6. The molecule has 1 heterocycles. The lowest BCUT2D eigenvalue weighted by atomic mass is 9.81. The van der Waals surface area contributed by atoms with Gasteiger partial charge in [0.15, 0.2) is 0 Å². The van der Waals surface area contributed by atoms with Crippen LogP contribution in [0.3, 0.4) is 0 Å². The molecule has 114 valence electrons. The van der Waals surface area contributed by atoms with E-state index in [1.165, 1.54) is 31.7 Å². The molecule has 21 heavy (non-hydrogen) atoms. The van der Waals surface area contributed by atoms with Crippen LogP contribution in [0.1, 0.15) is 44.6 Å². The van der Waals surface area contributed by atoms with Crippen LogP contribution in [0.15, 0.2) is 12.1 Å². The molecule has 2 aromatic rings. The van der Waals surface area contributed by atoms with Gasteiger partial charge < -0.3 is 10.3 Å². The molecule has 1 fully saturated rings. The molecule has 0 aliphatic heterocycles. The number of imidazole rings is 1. The van der Waals surface area contributed by atoms with Crippen molar-refractivity contribution in [3.8, 4) is 0 Å². The average molecular weight is 289 g/mol. The monoisotopic (exact) mass is 289 g/mol. The Hall–Kier alpha value is -1.58. The molecule has 0 spiro atoms. The number of nitrogens with two attached hydrogens (primary N) is 1. The molecule has 3 rings (SSSR count). The first-order valence-electron chi connectivity index (χ1n) is 7.96. The molecular weight excluding hydrogens is 265 g/mol. The van der Waals surface area contributed by atoms with Crippen molar-refractivity contribution in [3.05, 3.63) is 23.5 Å². The minimum atomic E-state index is -0.214. The van der Waals surface area contributed by atoms with Crippen LogP contribution in [0.5, 0.6) is 0 Å². The summed E-state index contributed by atoms with van der Waals surface area (Å²) in [5.41, 5.74) is 8.28. The van der Waals surface area contributed by atoms with Crippen LogP contribution < -0.4 is 5.73 Å². The van der Waals surface area contributed by atoms with Gasteiger partial charge in [0.2, 0.25) is 5.95 Å². The number of aromatic nitrogens is 2. The highest BCUT2D eigenvalue weighted by atomic mass is 19.1. The first-order chi connectivity index (χ1) is 10.0. The number of nitrogens with zero attached hydrogens (tertiary/aromatic N) is 2. The van der Waals surface area contributed by atoms with E-state index in [0.29, 0.717) is 17.0 Å². The Kier molecular flexibility index (Phi) is 3.87. The van der Waals surface area contributed by atoms with Gasteiger partial charge in [0, 0.05) is 12.6 Å². The van der Waals surface area contributed by atoms with Crippen LogP contribution >= 0.6 is 0 Å². The number of rotatable bonds is 3. The Bertz CT molecular complexity index is 639. The van der Waals surface area contributed by atoms with E-state index in [1.54, 1.807) is 6.92 Å². The van der Waals surface area contributed by atoms with E-state index in [4.69, 9.17) is 5.73 Å². The van der Waals surface area contributed by atoms with Crippen molar-refractivity contribution in [2.75, 3.05) is 5.73 Å². The number of halogens is 1. The highest BCUT2D eigenvalue weighted by Gasteiger charge is 2.19. The van der Waals surface area contributed by atoms with Crippen LogP contribution in [-0.4, -0.2) is 9.55 Å². The molecule has 0 radical (unpaired) electrons. The van der Waals surface area contributed by atoms with E-state index in [2.05, 4.69) is 11.9 Å². The smallest absolute Gasteiger partial charge is 0.201 e. The lowest BCUT2D eigenvalue weighted by Crippen LogP contribution is -2.15. The fourth-order valence-electron chi connectivity index (χ4n) is 3.43. The summed E-state index contributed by atoms with van der Waals surface area (Å²) in [5.74, 6) is 1.96. The second kappa shape index (κ2) is 5.66. The molecule has 0 atom stereocenters. The molecule has 0 amide bonds. The summed E-state index contributed by atoms with van der Waals surface area (Å²) < 4.78 is 15.7. The topological polar surface area (TPSA) is 43.8 Å². The zero-order valence-corrected chi connectivity index (χ0v) is 12.9. The zero-order chi connectivity index (χ0) is 15.0. The zero-order valence-electron chi connectivity index (χ0n) is 12.9. The van der Waals surface area contributed by atoms with Gasteiger partial charge >= 0.3 is 0 Å². The highest BCUT2D eigenvalue weighted by molar-refractivity contribution is 5.79. The van der Waals surface area contributed by atoms with Gasteiger partial charge in [-0.2, -0.15) is 0 Å². The molecule has 0 bridgehead atoms. The van der Waals surface area contributed by atoms with E-state index < -0.39 is 0 Å². The van der Waals surface area contributed by atoms with Gasteiger partial charge in [0.25, 0.3) is 0 Å². The molecule has 0 unspecified atom stereocenters. The first-order valence-corrected chi connectivity index (χ1v) is 7.96. The Morgan fingerprint density at radius 1 is 1.29 bits per heavy atom. The van der Waals surface area contributed by atoms with Crippen LogP contribution in [0.25, 0.3) is 11.0 Å². The standard InChI is InChI=1S/C17H24FN3/c1-11-3-5-13(6-4-11)7-8-21-16-9-12(2)14(18)10-15(16)20-17(21)19/h9-11,13H,3-8H2,1-2H3,(H2,19,20). The maximum Gasteiger partial charge on any atom is 0.201 e. The molecule has 1 aliphatic rings. The average Bonchev–Trinajstić information content (AvgIpc) is 2.74. The number of anilines is 1. The van der Waals surface area contributed by atoms with Crippen molar-refractivity contribution in [3.63, 3.8) is 0 Å². The van der Waals surface area contributed by atoms with Crippen molar-refractivity contribution < 1.29 is 4.39 Å². The predicted molar refractivity (Wildman–Crippen MR) is 84.6 cm³/mol. The first kappa shape index (κ1) is 14.4. The van der Waals surface area contributed by atoms with Gasteiger partial charge in [-0.15, -0.1) is 0 Å². The van der Waals surface area contributed by atoms with Crippen molar-refractivity contribution in [1.82, 2.24) is 9.55 Å². The third kappa shape index (κ3) is 2.89. The van der Waals surface area contributed by atoms with Gasteiger partial charge in [0.1, 0.15) is 5.82 Å². The Labute approximate surface area is 125 Å². The molecule has 4 heteroatoms. The highest BCUT2D eigenvalue weighted by Crippen LogP contribution is 2.31. The number of hydrogen-bond donors (Lipinski definition) is 1. The summed E-state index contributed by atoms with van der Waals surface area (Å²) in [5, 5.41) is 0. The van der Waals surface area contributed by atoms with Gasteiger partial charge in [-0.1, -0.05) is 32.6 Å². The number of aryl methyl sites for hydroxylation is 2. The molecule has 1 aliphatic carbocycles. The number of benzene rings is 1. The summed E-state index contributed by atoms with van der Waals surface area (Å²) in [4.78, 5) is 4.29. The van der Waals surface area contributed by atoms with Gasteiger partial charge in [-0.3, -0.25) is 0 Å². The third-order valence-corrected chi connectivity index (χ3v) is 4.95. The van der Waals surface area contributed by atoms with Crippen LogP contribution in [-0.2, 0) is 6.54 Å². The maximum absolute atomic E-state index is 13.6. The second-order valence-corrected chi connectivity index (χ2v) is 6.63. The van der Waals surface area contributed by atoms with E-state index in [0.717, 1.165) is 30.3 Å². The lowest BCUT2D eigenvalue weighted by molar-refractivity contribution is 0.270. The predicted octanol–water partition coefficient (Wildman–Crippen LogP) is 4.28. The van der Waals surface area contributed by atoms with Gasteiger partial charge in [-0.05, 0) is 36.8 Å². The summed E-state index contributed by atoms with van der Waals surface area (Å²) >= 11 is 0. The molecule has 2 N–H and O–H groups in total. The minimum absolute atomic E-state index is 0.214. The summed E-state index contributed by atoms with van der Waals surface area (Å²) in [6.45, 7) is 5.01. The van der Waals surface area contributed by atoms with Crippen LogP contribution in [0.4, 0.5) is 10.3 Å². The molecular formula is C17H24FN3. The van der Waals surface area contributed by atoms with E-state index in [9.17, 15) is 4.39 Å². The van der Waals surface area contributed by atoms with Gasteiger partial charge in [0.05, 0.1) is 11.0 Å². The molecule has 3 nitrogen and oxygen atoms in total. The van der Waals surface area contributed by atoms with Crippen molar-refractivity contribution >= 4 is 17.0 Å². The molecule has 1 aromatic heterocycles. The minimum Gasteiger partial charge on any atom is -0.369 e. The summed E-state index contributed by atoms with van der Waals surface area (Å²) in [6.07, 6.45) is 6.46. The van der Waals surface area contributed by atoms with Crippen molar-refractivity contribution in [1.29, 1.82) is 0 Å². The van der Waals surface area contributed by atoms with Crippen molar-refractivity contribution in [2.45, 2.75) is 52.5 Å². The summed E-state index contributed by atoms with van der Waals surface area (Å²) in [6, 6.07) is 3.34.